The Morgan fingerprint density at radius 2 is 2.05 bits per heavy atom. The van der Waals surface area contributed by atoms with E-state index in [-0.39, 0.29) is 0 Å². The van der Waals surface area contributed by atoms with Crippen LogP contribution < -0.4 is 0 Å². The molecule has 0 saturated heterocycles. The summed E-state index contributed by atoms with van der Waals surface area (Å²) in [6.45, 7) is 6.01. The van der Waals surface area contributed by atoms with E-state index in [0.717, 1.165) is 36.5 Å². The van der Waals surface area contributed by atoms with Crippen molar-refractivity contribution in [2.75, 3.05) is 0 Å². The van der Waals surface area contributed by atoms with E-state index >= 15 is 0 Å². The number of benzene rings is 1. The Morgan fingerprint density at radius 3 is 2.74 bits per heavy atom. The molecule has 1 unspecified atom stereocenters. The van der Waals surface area contributed by atoms with E-state index in [1.54, 1.807) is 6.07 Å². The van der Waals surface area contributed by atoms with Crippen LogP contribution in [0.15, 0.2) is 18.2 Å². The van der Waals surface area contributed by atoms with Crippen LogP contribution in [0, 0.1) is 25.9 Å². The predicted molar refractivity (Wildman–Crippen MR) is 73.3 cm³/mol. The standard InChI is InChI=1S/C16H21O3/c1-11-8-9-14(13(3)10-11)16(17)19-18-15-7-5-4-6-12(15)2/h8-10,12H,4-7H2,1-3H3. The van der Waals surface area contributed by atoms with Gasteiger partial charge in [-0.1, -0.05) is 37.5 Å². The van der Waals surface area contributed by atoms with Gasteiger partial charge in [-0.15, -0.1) is 0 Å². The monoisotopic (exact) mass is 261 g/mol. The fourth-order valence-electron chi connectivity index (χ4n) is 2.46. The molecular weight excluding hydrogens is 240 g/mol. The van der Waals surface area contributed by atoms with Gasteiger partial charge in [0.05, 0.1) is 5.56 Å². The minimum absolute atomic E-state index is 0.376. The highest BCUT2D eigenvalue weighted by molar-refractivity contribution is 5.90. The Labute approximate surface area is 114 Å². The van der Waals surface area contributed by atoms with Gasteiger partial charge in [0, 0.05) is 0 Å². The molecule has 1 radical (unpaired) electrons. The van der Waals surface area contributed by atoms with Gasteiger partial charge in [0.1, 0.15) is 0 Å². The average molecular weight is 261 g/mol. The summed E-state index contributed by atoms with van der Waals surface area (Å²) in [4.78, 5) is 22.2. The number of carbonyl (C=O) groups excluding carboxylic acids is 1. The maximum atomic E-state index is 12.0. The van der Waals surface area contributed by atoms with Crippen LogP contribution in [0.5, 0.6) is 0 Å². The Morgan fingerprint density at radius 1 is 1.26 bits per heavy atom. The average Bonchev–Trinajstić information content (AvgIpc) is 2.37. The molecular formula is C16H21O3. The second-order valence-electron chi connectivity index (χ2n) is 5.39. The summed E-state index contributed by atoms with van der Waals surface area (Å²) in [6.07, 6.45) is 5.22. The smallest absolute Gasteiger partial charge is 0.292 e. The molecule has 0 heterocycles. The van der Waals surface area contributed by atoms with Crippen molar-refractivity contribution in [3.8, 4) is 0 Å². The van der Waals surface area contributed by atoms with Gasteiger partial charge < -0.3 is 0 Å². The second-order valence-corrected chi connectivity index (χ2v) is 5.39. The highest BCUT2D eigenvalue weighted by Gasteiger charge is 2.26. The maximum absolute atomic E-state index is 12.0. The van der Waals surface area contributed by atoms with Crippen LogP contribution in [0.1, 0.15) is 54.1 Å². The summed E-state index contributed by atoms with van der Waals surface area (Å²) in [6, 6.07) is 5.65. The second kappa shape index (κ2) is 6.20. The van der Waals surface area contributed by atoms with E-state index in [4.69, 9.17) is 9.78 Å². The van der Waals surface area contributed by atoms with Crippen LogP contribution >= 0.6 is 0 Å². The number of hydrogen-bond acceptors (Lipinski definition) is 3. The summed E-state index contributed by atoms with van der Waals surface area (Å²) in [5.74, 6) is -0.0385. The molecule has 1 aliphatic rings. The Bertz CT molecular complexity index is 453. The van der Waals surface area contributed by atoms with E-state index in [1.165, 1.54) is 6.42 Å². The molecule has 103 valence electrons. The first-order valence-electron chi connectivity index (χ1n) is 6.89. The topological polar surface area (TPSA) is 35.5 Å². The van der Waals surface area contributed by atoms with Crippen molar-refractivity contribution in [1.29, 1.82) is 0 Å². The Balaban J connectivity index is 1.93. The number of carbonyl (C=O) groups is 1. The minimum Gasteiger partial charge on any atom is -0.292 e. The molecule has 1 atom stereocenters. The lowest BCUT2D eigenvalue weighted by molar-refractivity contribution is -0.246. The molecule has 0 spiro atoms. The highest BCUT2D eigenvalue weighted by atomic mass is 17.2. The lowest BCUT2D eigenvalue weighted by atomic mass is 9.88. The molecule has 1 saturated carbocycles. The normalized spacial score (nSPS) is 20.3. The Kier molecular flexibility index (Phi) is 4.59. The van der Waals surface area contributed by atoms with Crippen molar-refractivity contribution in [2.24, 2.45) is 5.92 Å². The molecule has 3 nitrogen and oxygen atoms in total. The largest absolute Gasteiger partial charge is 0.373 e. The maximum Gasteiger partial charge on any atom is 0.373 e. The number of hydrogen-bond donors (Lipinski definition) is 0. The first kappa shape index (κ1) is 14.1. The quantitative estimate of drug-likeness (QED) is 0.606. The van der Waals surface area contributed by atoms with Crippen molar-refractivity contribution in [2.45, 2.75) is 46.5 Å². The molecule has 0 aliphatic heterocycles. The predicted octanol–water partition coefficient (Wildman–Crippen LogP) is 4.13. The lowest BCUT2D eigenvalue weighted by Crippen LogP contribution is -2.20. The molecule has 1 fully saturated rings. The highest BCUT2D eigenvalue weighted by Crippen LogP contribution is 2.32. The van der Waals surface area contributed by atoms with Gasteiger partial charge in [-0.2, -0.15) is 4.89 Å². The van der Waals surface area contributed by atoms with Gasteiger partial charge in [0.2, 0.25) is 0 Å². The van der Waals surface area contributed by atoms with Crippen LogP contribution in [-0.2, 0) is 9.78 Å². The van der Waals surface area contributed by atoms with Gasteiger partial charge in [-0.3, -0.25) is 4.89 Å². The molecule has 0 amide bonds. The van der Waals surface area contributed by atoms with Crippen molar-refractivity contribution < 1.29 is 14.6 Å². The summed E-state index contributed by atoms with van der Waals surface area (Å²) in [5, 5.41) is 0. The fourth-order valence-corrected chi connectivity index (χ4v) is 2.46. The zero-order chi connectivity index (χ0) is 13.8. The lowest BCUT2D eigenvalue weighted by Gasteiger charge is -2.25. The molecule has 2 rings (SSSR count). The number of aryl methyl sites for hydroxylation is 2. The first-order valence-corrected chi connectivity index (χ1v) is 6.89. The first-order chi connectivity index (χ1) is 9.08. The summed E-state index contributed by atoms with van der Waals surface area (Å²) >= 11 is 0. The van der Waals surface area contributed by atoms with Crippen molar-refractivity contribution in [3.05, 3.63) is 41.0 Å². The third kappa shape index (κ3) is 3.57. The van der Waals surface area contributed by atoms with E-state index < -0.39 is 5.97 Å². The molecule has 1 aliphatic carbocycles. The summed E-state index contributed by atoms with van der Waals surface area (Å²) in [7, 11) is 0. The van der Waals surface area contributed by atoms with Crippen LogP contribution in [0.4, 0.5) is 0 Å². The van der Waals surface area contributed by atoms with E-state index in [9.17, 15) is 4.79 Å². The number of rotatable bonds is 3. The van der Waals surface area contributed by atoms with E-state index in [1.807, 2.05) is 26.0 Å². The van der Waals surface area contributed by atoms with Gasteiger partial charge in [-0.25, -0.2) is 4.79 Å². The molecule has 0 N–H and O–H groups in total. The zero-order valence-corrected chi connectivity index (χ0v) is 11.9. The molecule has 19 heavy (non-hydrogen) atoms. The van der Waals surface area contributed by atoms with Crippen molar-refractivity contribution in [3.63, 3.8) is 0 Å². The summed E-state index contributed by atoms with van der Waals surface area (Å²) < 4.78 is 0. The van der Waals surface area contributed by atoms with Crippen LogP contribution in [0.2, 0.25) is 0 Å². The summed E-state index contributed by atoms with van der Waals surface area (Å²) in [5.41, 5.74) is 2.61. The van der Waals surface area contributed by atoms with Crippen LogP contribution in [-0.4, -0.2) is 5.97 Å². The van der Waals surface area contributed by atoms with Gasteiger partial charge in [0.25, 0.3) is 0 Å². The molecule has 1 aromatic carbocycles. The van der Waals surface area contributed by atoms with Gasteiger partial charge in [-0.05, 0) is 44.2 Å². The van der Waals surface area contributed by atoms with Gasteiger partial charge in [0.15, 0.2) is 6.10 Å². The molecule has 1 aromatic rings. The third-order valence-electron chi connectivity index (χ3n) is 3.69. The molecule has 0 bridgehead atoms. The van der Waals surface area contributed by atoms with Gasteiger partial charge >= 0.3 is 5.97 Å². The minimum atomic E-state index is -0.414. The zero-order valence-electron chi connectivity index (χ0n) is 11.9. The Hall–Kier alpha value is -1.35. The van der Waals surface area contributed by atoms with E-state index in [0.29, 0.717) is 11.5 Å². The fraction of sp³-hybridized carbons (Fsp3) is 0.500. The van der Waals surface area contributed by atoms with Crippen molar-refractivity contribution in [1.82, 2.24) is 0 Å². The third-order valence-corrected chi connectivity index (χ3v) is 3.69. The van der Waals surface area contributed by atoms with Crippen LogP contribution in [0.25, 0.3) is 0 Å². The molecule has 3 heteroatoms. The molecule has 0 aromatic heterocycles. The van der Waals surface area contributed by atoms with Crippen molar-refractivity contribution >= 4 is 5.97 Å². The van der Waals surface area contributed by atoms with E-state index in [2.05, 4.69) is 6.92 Å². The van der Waals surface area contributed by atoms with Crippen LogP contribution in [0.3, 0.4) is 0 Å². The SMILES string of the molecule is Cc1ccc(C(=O)OO[C]2CCCCC2C)c(C)c1.